The summed E-state index contributed by atoms with van der Waals surface area (Å²) in [5.41, 5.74) is 2.86. The normalized spacial score (nSPS) is 31.4. The van der Waals surface area contributed by atoms with E-state index >= 15 is 0 Å². The van der Waals surface area contributed by atoms with E-state index in [4.69, 9.17) is 11.6 Å². The van der Waals surface area contributed by atoms with Crippen LogP contribution in [0.2, 0.25) is 5.02 Å². The van der Waals surface area contributed by atoms with Crippen molar-refractivity contribution in [3.05, 3.63) is 52.2 Å². The highest BCUT2D eigenvalue weighted by Crippen LogP contribution is 2.61. The number of aliphatic hydroxyl groups excluding tert-OH is 1. The first-order chi connectivity index (χ1) is 16.0. The predicted molar refractivity (Wildman–Crippen MR) is 126 cm³/mol. The summed E-state index contributed by atoms with van der Waals surface area (Å²) in [7, 11) is 0. The van der Waals surface area contributed by atoms with Crippen LogP contribution in [0, 0.1) is 29.0 Å². The summed E-state index contributed by atoms with van der Waals surface area (Å²) in [6.07, 6.45) is 9.82. The smallest absolute Gasteiger partial charge is 0.133 e. The third-order valence-electron chi connectivity index (χ3n) is 8.75. The average molecular weight is 471 g/mol. The monoisotopic (exact) mass is 470 g/mol. The van der Waals surface area contributed by atoms with Crippen molar-refractivity contribution in [3.8, 4) is 0 Å². The van der Waals surface area contributed by atoms with Gasteiger partial charge >= 0.3 is 0 Å². The second-order valence-electron chi connectivity index (χ2n) is 11.0. The van der Waals surface area contributed by atoms with Gasteiger partial charge in [-0.05, 0) is 80.2 Å². The number of benzene rings is 1. The zero-order valence-corrected chi connectivity index (χ0v) is 19.7. The summed E-state index contributed by atoms with van der Waals surface area (Å²) in [6.45, 7) is 2.55. The second kappa shape index (κ2) is 8.47. The maximum absolute atomic E-state index is 14.2. The molecule has 0 spiro atoms. The molecule has 33 heavy (non-hydrogen) atoms. The van der Waals surface area contributed by atoms with Crippen LogP contribution >= 0.6 is 11.6 Å². The van der Waals surface area contributed by atoms with Crippen molar-refractivity contribution >= 4 is 17.4 Å². The van der Waals surface area contributed by atoms with Gasteiger partial charge in [0, 0.05) is 42.3 Å². The molecule has 0 radical (unpaired) electrons. The molecule has 176 valence electrons. The van der Waals surface area contributed by atoms with Gasteiger partial charge in [0.1, 0.15) is 18.0 Å². The molecule has 2 heterocycles. The lowest BCUT2D eigenvalue weighted by molar-refractivity contribution is -0.115. The number of hydrogen-bond donors (Lipinski definition) is 2. The Labute approximate surface area is 199 Å². The molecule has 1 aromatic carbocycles. The molecule has 4 saturated carbocycles. The third-order valence-corrected chi connectivity index (χ3v) is 8.99. The van der Waals surface area contributed by atoms with Crippen LogP contribution < -0.4 is 5.32 Å². The summed E-state index contributed by atoms with van der Waals surface area (Å²) in [4.78, 5) is 11.2. The number of nitrogens with one attached hydrogen (secondary N) is 1. The molecule has 4 bridgehead atoms. The van der Waals surface area contributed by atoms with Crippen molar-refractivity contribution in [2.24, 2.45) is 23.2 Å². The van der Waals surface area contributed by atoms with Gasteiger partial charge in [0.15, 0.2) is 0 Å². The van der Waals surface area contributed by atoms with Crippen LogP contribution in [0.5, 0.6) is 0 Å². The first-order valence-corrected chi connectivity index (χ1v) is 12.8. The number of aliphatic hydroxyl groups is 1. The Morgan fingerprint density at radius 2 is 1.88 bits per heavy atom. The fourth-order valence-corrected chi connectivity index (χ4v) is 7.74. The SMILES string of the molecule is OC(CNc1ncnc2c1CCN(Cc1ccc(Cl)cc1F)C2)C12CC3CC(CC(C3)C1)C2. The Kier molecular flexibility index (Phi) is 5.58. The highest BCUT2D eigenvalue weighted by Gasteiger charge is 2.53. The van der Waals surface area contributed by atoms with E-state index in [1.807, 2.05) is 0 Å². The maximum atomic E-state index is 14.2. The van der Waals surface area contributed by atoms with Crippen LogP contribution in [-0.4, -0.2) is 39.2 Å². The largest absolute Gasteiger partial charge is 0.391 e. The molecule has 1 aromatic heterocycles. The Bertz CT molecular complexity index is 1010. The minimum atomic E-state index is -0.329. The topological polar surface area (TPSA) is 61.3 Å². The highest BCUT2D eigenvalue weighted by atomic mass is 35.5. The first kappa shape index (κ1) is 21.8. The van der Waals surface area contributed by atoms with Gasteiger partial charge in [-0.15, -0.1) is 0 Å². The molecule has 2 N–H and O–H groups in total. The van der Waals surface area contributed by atoms with E-state index < -0.39 is 0 Å². The van der Waals surface area contributed by atoms with Crippen LogP contribution in [0.1, 0.15) is 55.3 Å². The molecule has 2 aromatic rings. The lowest BCUT2D eigenvalue weighted by atomic mass is 9.48. The van der Waals surface area contributed by atoms with Gasteiger partial charge in [0.25, 0.3) is 0 Å². The molecule has 1 unspecified atom stereocenters. The Hall–Kier alpha value is -1.76. The van der Waals surface area contributed by atoms with Gasteiger partial charge in [0.2, 0.25) is 0 Å². The van der Waals surface area contributed by atoms with E-state index in [0.717, 1.165) is 47.8 Å². The number of nitrogens with zero attached hydrogens (tertiary/aromatic N) is 3. The van der Waals surface area contributed by atoms with Crippen molar-refractivity contribution in [2.45, 2.75) is 64.1 Å². The van der Waals surface area contributed by atoms with E-state index in [1.165, 1.54) is 44.6 Å². The van der Waals surface area contributed by atoms with Crippen molar-refractivity contribution in [1.82, 2.24) is 14.9 Å². The maximum Gasteiger partial charge on any atom is 0.133 e. The van der Waals surface area contributed by atoms with E-state index in [0.29, 0.717) is 30.2 Å². The van der Waals surface area contributed by atoms with Crippen molar-refractivity contribution in [1.29, 1.82) is 0 Å². The Morgan fingerprint density at radius 3 is 2.58 bits per heavy atom. The summed E-state index contributed by atoms with van der Waals surface area (Å²) in [6, 6.07) is 4.86. The number of halogens is 2. The number of aromatic nitrogens is 2. The molecule has 4 aliphatic carbocycles. The van der Waals surface area contributed by atoms with Crippen LogP contribution in [0.15, 0.2) is 24.5 Å². The summed E-state index contributed by atoms with van der Waals surface area (Å²) < 4.78 is 14.2. The standard InChI is InChI=1S/C26H32ClFN4O/c27-20-2-1-19(22(28)8-20)13-32-4-3-21-23(14-32)30-15-31-25(21)29-12-24(33)26-9-16-5-17(10-26)7-18(6-16)11-26/h1-2,8,15-18,24,33H,3-7,9-14H2,(H,29,30,31). The van der Waals surface area contributed by atoms with Gasteiger partial charge in [-0.25, -0.2) is 14.4 Å². The molecule has 0 saturated heterocycles. The predicted octanol–water partition coefficient (Wildman–Crippen LogP) is 4.82. The minimum absolute atomic E-state index is 0.105. The number of rotatable bonds is 6. The van der Waals surface area contributed by atoms with E-state index in [2.05, 4.69) is 20.2 Å². The first-order valence-electron chi connectivity index (χ1n) is 12.4. The minimum Gasteiger partial charge on any atom is -0.391 e. The molecular formula is C26H32ClFN4O. The average Bonchev–Trinajstić information content (AvgIpc) is 2.78. The van der Waals surface area contributed by atoms with E-state index in [-0.39, 0.29) is 17.3 Å². The van der Waals surface area contributed by atoms with Gasteiger partial charge in [-0.3, -0.25) is 4.90 Å². The number of fused-ring (bicyclic) bond motifs is 1. The van der Waals surface area contributed by atoms with Gasteiger partial charge in [0.05, 0.1) is 11.8 Å². The molecule has 7 rings (SSSR count). The van der Waals surface area contributed by atoms with Gasteiger partial charge < -0.3 is 10.4 Å². The van der Waals surface area contributed by atoms with Crippen molar-refractivity contribution in [3.63, 3.8) is 0 Å². The Morgan fingerprint density at radius 1 is 1.15 bits per heavy atom. The lowest BCUT2D eigenvalue weighted by Crippen LogP contribution is -2.53. The third kappa shape index (κ3) is 4.15. The summed E-state index contributed by atoms with van der Waals surface area (Å²) >= 11 is 5.89. The molecule has 0 amide bonds. The summed E-state index contributed by atoms with van der Waals surface area (Å²) in [5, 5.41) is 15.2. The Balaban J connectivity index is 1.12. The van der Waals surface area contributed by atoms with Crippen LogP contribution in [0.3, 0.4) is 0 Å². The number of anilines is 1. The van der Waals surface area contributed by atoms with E-state index in [1.54, 1.807) is 18.5 Å². The summed E-state index contributed by atoms with van der Waals surface area (Å²) in [5.74, 6) is 3.07. The quantitative estimate of drug-likeness (QED) is 0.634. The van der Waals surface area contributed by atoms with Crippen LogP contribution in [0.4, 0.5) is 10.2 Å². The highest BCUT2D eigenvalue weighted by molar-refractivity contribution is 6.30. The zero-order chi connectivity index (χ0) is 22.6. The molecule has 5 aliphatic rings. The fraction of sp³-hybridized carbons (Fsp3) is 0.615. The molecule has 1 aliphatic heterocycles. The van der Waals surface area contributed by atoms with Gasteiger partial charge in [-0.2, -0.15) is 0 Å². The van der Waals surface area contributed by atoms with Gasteiger partial charge in [-0.1, -0.05) is 17.7 Å². The molecule has 7 heteroatoms. The molecular weight excluding hydrogens is 439 g/mol. The second-order valence-corrected chi connectivity index (χ2v) is 11.5. The molecule has 5 nitrogen and oxygen atoms in total. The molecule has 1 atom stereocenters. The zero-order valence-electron chi connectivity index (χ0n) is 18.9. The number of hydrogen-bond acceptors (Lipinski definition) is 5. The van der Waals surface area contributed by atoms with Crippen LogP contribution in [-0.2, 0) is 19.5 Å². The fourth-order valence-electron chi connectivity index (χ4n) is 7.58. The lowest BCUT2D eigenvalue weighted by Gasteiger charge is -2.58. The van der Waals surface area contributed by atoms with Crippen molar-refractivity contribution < 1.29 is 9.50 Å². The van der Waals surface area contributed by atoms with Crippen molar-refractivity contribution in [2.75, 3.05) is 18.4 Å². The molecule has 4 fully saturated rings. The van der Waals surface area contributed by atoms with Crippen LogP contribution in [0.25, 0.3) is 0 Å². The van der Waals surface area contributed by atoms with E-state index in [9.17, 15) is 9.50 Å².